The van der Waals surface area contributed by atoms with Crippen LogP contribution < -0.4 is 26.3 Å². The molecule has 0 aliphatic carbocycles. The molecule has 3 rings (SSSR count). The van der Waals surface area contributed by atoms with E-state index in [9.17, 15) is 0 Å². The Kier molecular flexibility index (Phi) is 4.26. The van der Waals surface area contributed by atoms with Gasteiger partial charge in [-0.3, -0.25) is 0 Å². The maximum atomic E-state index is 6.58. The molecule has 2 aromatic carbocycles. The first-order valence-electron chi connectivity index (χ1n) is 7.36. The lowest BCUT2D eigenvalue weighted by molar-refractivity contribution is 0.413. The molecule has 1 heterocycles. The summed E-state index contributed by atoms with van der Waals surface area (Å²) in [4.78, 5) is 4.44. The quantitative estimate of drug-likeness (QED) is 0.740. The van der Waals surface area contributed by atoms with E-state index in [0.717, 1.165) is 16.8 Å². The summed E-state index contributed by atoms with van der Waals surface area (Å²) in [5.74, 6) is 1.21. The normalized spacial score (nSPS) is 18.7. The standard InChI is InChI=1S/C17H19ClN4O2/c1-23-15-4-3-10(5-12(15)18)8-17(20)11-6-13(19)16(24-2)7-14(11)21-9-22-17/h3-7,9H,8,19-20H2,1-2H3,(H,21,22). The predicted octanol–water partition coefficient (Wildman–Crippen LogP) is 2.75. The van der Waals surface area contributed by atoms with E-state index in [1.54, 1.807) is 26.6 Å². The molecule has 24 heavy (non-hydrogen) atoms. The molecule has 6 nitrogen and oxygen atoms in total. The molecule has 1 atom stereocenters. The molecule has 0 aromatic heterocycles. The number of rotatable bonds is 4. The van der Waals surface area contributed by atoms with Crippen molar-refractivity contribution in [2.75, 3.05) is 25.3 Å². The number of ether oxygens (including phenoxy) is 2. The van der Waals surface area contributed by atoms with Gasteiger partial charge in [-0.1, -0.05) is 17.7 Å². The topological polar surface area (TPSA) is 94.9 Å². The molecule has 1 aliphatic heterocycles. The van der Waals surface area contributed by atoms with Gasteiger partial charge in [-0.25, -0.2) is 4.99 Å². The fourth-order valence-electron chi connectivity index (χ4n) is 2.81. The Hall–Kier alpha value is -2.44. The SMILES string of the molecule is COc1cc2c(cc1N)C(N)(Cc1ccc(OC)c(Cl)c1)N=CN2. The first-order valence-corrected chi connectivity index (χ1v) is 7.74. The first-order chi connectivity index (χ1) is 11.5. The zero-order chi connectivity index (χ0) is 17.3. The number of hydrogen-bond acceptors (Lipinski definition) is 6. The van der Waals surface area contributed by atoms with Crippen molar-refractivity contribution in [1.82, 2.24) is 0 Å². The lowest BCUT2D eigenvalue weighted by Gasteiger charge is -2.32. The summed E-state index contributed by atoms with van der Waals surface area (Å²) in [5.41, 5.74) is 14.7. The van der Waals surface area contributed by atoms with E-state index in [1.807, 2.05) is 24.3 Å². The lowest BCUT2D eigenvalue weighted by atomic mass is 9.90. The molecule has 0 bridgehead atoms. The molecule has 0 spiro atoms. The minimum Gasteiger partial charge on any atom is -0.495 e. The average Bonchev–Trinajstić information content (AvgIpc) is 2.55. The Morgan fingerprint density at radius 3 is 2.58 bits per heavy atom. The van der Waals surface area contributed by atoms with Crippen LogP contribution in [0.25, 0.3) is 0 Å². The maximum absolute atomic E-state index is 6.58. The fourth-order valence-corrected chi connectivity index (χ4v) is 3.09. The summed E-state index contributed by atoms with van der Waals surface area (Å²) in [6.45, 7) is 0. The summed E-state index contributed by atoms with van der Waals surface area (Å²) < 4.78 is 10.4. The van der Waals surface area contributed by atoms with Crippen LogP contribution in [0.3, 0.4) is 0 Å². The molecule has 5 N–H and O–H groups in total. The number of hydrogen-bond donors (Lipinski definition) is 3. The minimum atomic E-state index is -0.946. The number of methoxy groups -OCH3 is 2. The lowest BCUT2D eigenvalue weighted by Crippen LogP contribution is -2.40. The number of aliphatic imine (C=N–C) groups is 1. The first kappa shape index (κ1) is 16.4. The number of anilines is 2. The van der Waals surface area contributed by atoms with Crippen molar-refractivity contribution in [2.24, 2.45) is 10.7 Å². The molecule has 0 fully saturated rings. The highest BCUT2D eigenvalue weighted by Crippen LogP contribution is 2.39. The predicted molar refractivity (Wildman–Crippen MR) is 97.1 cm³/mol. The van der Waals surface area contributed by atoms with Crippen molar-refractivity contribution in [3.05, 3.63) is 46.5 Å². The number of nitrogen functional groups attached to an aromatic ring is 1. The zero-order valence-electron chi connectivity index (χ0n) is 13.5. The van der Waals surface area contributed by atoms with Crippen molar-refractivity contribution in [3.8, 4) is 11.5 Å². The number of halogens is 1. The second kappa shape index (κ2) is 6.22. The van der Waals surface area contributed by atoms with Gasteiger partial charge in [0.15, 0.2) is 0 Å². The minimum absolute atomic E-state index is 0.466. The van der Waals surface area contributed by atoms with Crippen LogP contribution in [0.4, 0.5) is 11.4 Å². The summed E-state index contributed by atoms with van der Waals surface area (Å²) in [5, 5.41) is 3.62. The number of fused-ring (bicyclic) bond motifs is 1. The molecule has 2 aromatic rings. The molecular formula is C17H19ClN4O2. The summed E-state index contributed by atoms with van der Waals surface area (Å²) in [6, 6.07) is 9.18. The Bertz CT molecular complexity index is 809. The summed E-state index contributed by atoms with van der Waals surface area (Å²) in [7, 11) is 3.15. The third kappa shape index (κ3) is 2.86. The molecular weight excluding hydrogens is 328 g/mol. The van der Waals surface area contributed by atoms with E-state index in [-0.39, 0.29) is 0 Å². The van der Waals surface area contributed by atoms with Crippen molar-refractivity contribution in [2.45, 2.75) is 12.1 Å². The highest BCUT2D eigenvalue weighted by atomic mass is 35.5. The largest absolute Gasteiger partial charge is 0.495 e. The van der Waals surface area contributed by atoms with Gasteiger partial charge in [0, 0.05) is 18.1 Å². The van der Waals surface area contributed by atoms with Gasteiger partial charge in [-0.05, 0) is 23.8 Å². The molecule has 126 valence electrons. The van der Waals surface area contributed by atoms with Gasteiger partial charge in [0.05, 0.1) is 37.0 Å². The van der Waals surface area contributed by atoms with Crippen LogP contribution in [0.2, 0.25) is 5.02 Å². The molecule has 1 unspecified atom stereocenters. The van der Waals surface area contributed by atoms with E-state index in [0.29, 0.717) is 28.6 Å². The van der Waals surface area contributed by atoms with Gasteiger partial charge >= 0.3 is 0 Å². The van der Waals surface area contributed by atoms with Crippen LogP contribution in [0.1, 0.15) is 11.1 Å². The Morgan fingerprint density at radius 2 is 1.92 bits per heavy atom. The van der Waals surface area contributed by atoms with E-state index >= 15 is 0 Å². The van der Waals surface area contributed by atoms with Crippen LogP contribution in [0, 0.1) is 0 Å². The van der Waals surface area contributed by atoms with Gasteiger partial charge in [-0.2, -0.15) is 0 Å². The average molecular weight is 347 g/mol. The second-order valence-electron chi connectivity index (χ2n) is 5.61. The Balaban J connectivity index is 1.99. The van der Waals surface area contributed by atoms with Crippen LogP contribution in [-0.2, 0) is 12.1 Å². The monoisotopic (exact) mass is 346 g/mol. The molecule has 0 saturated carbocycles. The van der Waals surface area contributed by atoms with E-state index in [2.05, 4.69) is 10.3 Å². The summed E-state index contributed by atoms with van der Waals surface area (Å²) >= 11 is 6.20. The molecule has 0 radical (unpaired) electrons. The van der Waals surface area contributed by atoms with Gasteiger partial charge < -0.3 is 26.3 Å². The van der Waals surface area contributed by atoms with E-state index < -0.39 is 5.66 Å². The number of benzene rings is 2. The van der Waals surface area contributed by atoms with Crippen molar-refractivity contribution in [1.29, 1.82) is 0 Å². The molecule has 0 amide bonds. The smallest absolute Gasteiger partial charge is 0.143 e. The zero-order valence-corrected chi connectivity index (χ0v) is 14.2. The van der Waals surface area contributed by atoms with Gasteiger partial charge in [0.1, 0.15) is 17.2 Å². The maximum Gasteiger partial charge on any atom is 0.143 e. The fraction of sp³-hybridized carbons (Fsp3) is 0.235. The highest BCUT2D eigenvalue weighted by Gasteiger charge is 2.32. The van der Waals surface area contributed by atoms with Crippen LogP contribution >= 0.6 is 11.6 Å². The molecule has 0 saturated heterocycles. The Labute approximate surface area is 145 Å². The number of nitrogens with one attached hydrogen (secondary N) is 1. The van der Waals surface area contributed by atoms with Gasteiger partial charge in [0.2, 0.25) is 0 Å². The highest BCUT2D eigenvalue weighted by molar-refractivity contribution is 6.32. The van der Waals surface area contributed by atoms with Crippen molar-refractivity contribution < 1.29 is 9.47 Å². The van der Waals surface area contributed by atoms with Gasteiger partial charge in [-0.15, -0.1) is 0 Å². The van der Waals surface area contributed by atoms with Crippen LogP contribution in [0.15, 0.2) is 35.3 Å². The van der Waals surface area contributed by atoms with E-state index in [1.165, 1.54) is 0 Å². The van der Waals surface area contributed by atoms with Crippen LogP contribution in [-0.4, -0.2) is 20.6 Å². The van der Waals surface area contributed by atoms with Gasteiger partial charge in [0.25, 0.3) is 0 Å². The second-order valence-corrected chi connectivity index (χ2v) is 6.02. The van der Waals surface area contributed by atoms with Crippen molar-refractivity contribution in [3.63, 3.8) is 0 Å². The third-order valence-electron chi connectivity index (χ3n) is 4.04. The number of nitrogens with two attached hydrogens (primary N) is 2. The number of nitrogens with zero attached hydrogens (tertiary/aromatic N) is 1. The van der Waals surface area contributed by atoms with Crippen LogP contribution in [0.5, 0.6) is 11.5 Å². The van der Waals surface area contributed by atoms with E-state index in [4.69, 9.17) is 32.5 Å². The third-order valence-corrected chi connectivity index (χ3v) is 4.34. The Morgan fingerprint density at radius 1 is 1.17 bits per heavy atom. The van der Waals surface area contributed by atoms with Crippen molar-refractivity contribution >= 4 is 29.3 Å². The molecule has 7 heteroatoms. The molecule has 1 aliphatic rings. The summed E-state index contributed by atoms with van der Waals surface area (Å²) in [6.07, 6.45) is 2.05.